The Labute approximate surface area is 280 Å². The lowest BCUT2D eigenvalue weighted by molar-refractivity contribution is -0.122. The fourth-order valence-corrected chi connectivity index (χ4v) is 5.44. The molecule has 1 atom stereocenters. The molecular formula is C38H74N6O. The summed E-state index contributed by atoms with van der Waals surface area (Å²) in [5.41, 5.74) is 3.56. The zero-order valence-corrected chi connectivity index (χ0v) is 30.7. The van der Waals surface area contributed by atoms with Crippen LogP contribution in [-0.2, 0) is 4.79 Å². The first-order chi connectivity index (χ1) is 21.5. The minimum atomic E-state index is 0.146. The van der Waals surface area contributed by atoms with Crippen molar-refractivity contribution in [3.05, 3.63) is 49.2 Å². The molecule has 7 heteroatoms. The van der Waals surface area contributed by atoms with Gasteiger partial charge in [-0.15, -0.1) is 6.58 Å². The molecule has 1 aliphatic rings. The molecule has 0 radical (unpaired) electrons. The van der Waals surface area contributed by atoms with Crippen molar-refractivity contribution in [2.24, 2.45) is 5.92 Å². The van der Waals surface area contributed by atoms with Gasteiger partial charge in [-0.3, -0.25) is 19.5 Å². The highest BCUT2D eigenvalue weighted by molar-refractivity contribution is 5.77. The molecule has 0 aromatic rings. The van der Waals surface area contributed by atoms with Crippen LogP contribution in [0.1, 0.15) is 92.9 Å². The van der Waals surface area contributed by atoms with E-state index in [0.717, 1.165) is 122 Å². The molecule has 45 heavy (non-hydrogen) atoms. The van der Waals surface area contributed by atoms with Gasteiger partial charge in [0.1, 0.15) is 0 Å². The average molecular weight is 631 g/mol. The number of carbonyl (C=O) groups excluding carboxylic acids is 1. The molecule has 1 amide bonds. The maximum atomic E-state index is 12.9. The van der Waals surface area contributed by atoms with Gasteiger partial charge in [-0.2, -0.15) is 0 Å². The number of amides is 1. The summed E-state index contributed by atoms with van der Waals surface area (Å²) in [6, 6.07) is 0. The fraction of sp³-hybridized carbons (Fsp3) is 0.763. The molecule has 1 unspecified atom stereocenters. The van der Waals surface area contributed by atoms with Gasteiger partial charge < -0.3 is 15.5 Å². The number of likely N-dealkylation sites (N-methyl/N-ethyl adjacent to an activating group) is 1. The third-order valence-electron chi connectivity index (χ3n) is 8.40. The van der Waals surface area contributed by atoms with Crippen molar-refractivity contribution in [1.82, 2.24) is 30.2 Å². The standard InChI is InChI=1S/C35H68N6O.C3H6/c1-9-33(7)16-13-15-18-36-34(8)17-12-11-14-19-37-35(42)30-41-23-21-38(10-2)20-22-39(28-31(3)4)24-25-40(26-27-41)29-32(5)6;1-3-2/h33,36H,3,5,8-30H2,1-2,4,6-7H3,(H,37,42);3H,1H2,2H3. The van der Waals surface area contributed by atoms with Crippen molar-refractivity contribution in [3.63, 3.8) is 0 Å². The topological polar surface area (TPSA) is 54.1 Å². The molecule has 7 nitrogen and oxygen atoms in total. The molecular weight excluding hydrogens is 556 g/mol. The van der Waals surface area contributed by atoms with Gasteiger partial charge in [0.15, 0.2) is 0 Å². The number of rotatable bonds is 20. The number of carbonyl (C=O) groups is 1. The summed E-state index contributed by atoms with van der Waals surface area (Å²) in [5.74, 6) is 0.987. The van der Waals surface area contributed by atoms with Gasteiger partial charge in [-0.25, -0.2) is 0 Å². The minimum absolute atomic E-state index is 0.146. The summed E-state index contributed by atoms with van der Waals surface area (Å²) >= 11 is 0. The highest BCUT2D eigenvalue weighted by Gasteiger charge is 2.18. The number of nitrogens with one attached hydrogen (secondary N) is 2. The smallest absolute Gasteiger partial charge is 0.234 e. The molecule has 1 rings (SSSR count). The predicted octanol–water partition coefficient (Wildman–Crippen LogP) is 6.57. The lowest BCUT2D eigenvalue weighted by Gasteiger charge is -2.34. The first kappa shape index (κ1) is 43.1. The second kappa shape index (κ2) is 28.3. The highest BCUT2D eigenvalue weighted by atomic mass is 16.2. The van der Waals surface area contributed by atoms with Crippen LogP contribution in [-0.4, -0.2) is 117 Å². The van der Waals surface area contributed by atoms with Gasteiger partial charge in [-0.05, 0) is 58.9 Å². The maximum absolute atomic E-state index is 12.9. The first-order valence-corrected chi connectivity index (χ1v) is 18.0. The van der Waals surface area contributed by atoms with Crippen molar-refractivity contribution < 1.29 is 4.79 Å². The molecule has 0 spiro atoms. The van der Waals surface area contributed by atoms with Gasteiger partial charge >= 0.3 is 0 Å². The van der Waals surface area contributed by atoms with E-state index in [4.69, 9.17) is 0 Å². The summed E-state index contributed by atoms with van der Waals surface area (Å²) < 4.78 is 0. The summed E-state index contributed by atoms with van der Waals surface area (Å²) in [4.78, 5) is 22.8. The van der Waals surface area contributed by atoms with Crippen molar-refractivity contribution in [1.29, 1.82) is 0 Å². The minimum Gasteiger partial charge on any atom is -0.389 e. The van der Waals surface area contributed by atoms with E-state index in [9.17, 15) is 4.79 Å². The first-order valence-electron chi connectivity index (χ1n) is 18.0. The zero-order chi connectivity index (χ0) is 33.9. The number of nitrogens with zero attached hydrogens (tertiary/aromatic N) is 4. The second-order valence-electron chi connectivity index (χ2n) is 13.3. The third-order valence-corrected chi connectivity index (χ3v) is 8.40. The highest BCUT2D eigenvalue weighted by Crippen LogP contribution is 2.11. The van der Waals surface area contributed by atoms with E-state index < -0.39 is 0 Å². The SMILES string of the molecule is C=C(C)CN1CCN(CC)CCN(CC(=O)NCCCCCC(=C)NCCCCC(C)CC)CCN(CC(=C)C)CC1.C=CC. The van der Waals surface area contributed by atoms with Crippen molar-refractivity contribution in [2.45, 2.75) is 92.9 Å². The average Bonchev–Trinajstić information content (AvgIpc) is 2.98. The van der Waals surface area contributed by atoms with Gasteiger partial charge in [0.05, 0.1) is 6.54 Å². The van der Waals surface area contributed by atoms with Gasteiger partial charge in [-0.1, -0.05) is 83.4 Å². The Kier molecular flexibility index (Phi) is 27.1. The van der Waals surface area contributed by atoms with Gasteiger partial charge in [0, 0.05) is 84.2 Å². The quantitative estimate of drug-likeness (QED) is 0.117. The predicted molar refractivity (Wildman–Crippen MR) is 199 cm³/mol. The molecule has 0 aromatic carbocycles. The van der Waals surface area contributed by atoms with Crippen LogP contribution in [0.4, 0.5) is 0 Å². The second-order valence-corrected chi connectivity index (χ2v) is 13.3. The Morgan fingerprint density at radius 2 is 1.16 bits per heavy atom. The number of unbranched alkanes of at least 4 members (excludes halogenated alkanes) is 3. The Balaban J connectivity index is 0.00000618. The van der Waals surface area contributed by atoms with Crippen LogP contribution in [0.2, 0.25) is 0 Å². The summed E-state index contributed by atoms with van der Waals surface area (Å²) in [6.07, 6.45) is 11.2. The molecule has 1 aliphatic heterocycles. The van der Waals surface area contributed by atoms with Crippen LogP contribution >= 0.6 is 0 Å². The lowest BCUT2D eigenvalue weighted by atomic mass is 10.0. The fourth-order valence-electron chi connectivity index (χ4n) is 5.44. The van der Waals surface area contributed by atoms with E-state index in [1.54, 1.807) is 6.08 Å². The van der Waals surface area contributed by atoms with Gasteiger partial charge in [0.2, 0.25) is 5.91 Å². The zero-order valence-electron chi connectivity index (χ0n) is 30.7. The summed E-state index contributed by atoms with van der Waals surface area (Å²) in [6.45, 7) is 41.9. The molecule has 1 heterocycles. The van der Waals surface area contributed by atoms with Crippen LogP contribution in [0.5, 0.6) is 0 Å². The molecule has 0 bridgehead atoms. The van der Waals surface area contributed by atoms with Crippen molar-refractivity contribution in [3.8, 4) is 0 Å². The van der Waals surface area contributed by atoms with Crippen LogP contribution in [0.15, 0.2) is 49.2 Å². The van der Waals surface area contributed by atoms with Gasteiger partial charge in [0.25, 0.3) is 0 Å². The van der Waals surface area contributed by atoms with E-state index in [-0.39, 0.29) is 5.91 Å². The molecule has 0 aromatic heterocycles. The van der Waals surface area contributed by atoms with E-state index in [0.29, 0.717) is 6.54 Å². The maximum Gasteiger partial charge on any atom is 0.234 e. The van der Waals surface area contributed by atoms with E-state index >= 15 is 0 Å². The molecule has 1 fully saturated rings. The number of allylic oxidation sites excluding steroid dienone is 2. The van der Waals surface area contributed by atoms with Crippen LogP contribution in [0.25, 0.3) is 0 Å². The van der Waals surface area contributed by atoms with E-state index in [1.165, 1.54) is 36.8 Å². The molecule has 0 aliphatic carbocycles. The Hall–Kier alpha value is -1.93. The molecule has 262 valence electrons. The number of hydrogen-bond donors (Lipinski definition) is 2. The van der Waals surface area contributed by atoms with Crippen molar-refractivity contribution in [2.75, 3.05) is 91.6 Å². The Morgan fingerprint density at radius 1 is 0.711 bits per heavy atom. The normalized spacial score (nSPS) is 16.8. The largest absolute Gasteiger partial charge is 0.389 e. The summed E-state index contributed by atoms with van der Waals surface area (Å²) in [7, 11) is 0. The number of hydrogen-bond acceptors (Lipinski definition) is 6. The van der Waals surface area contributed by atoms with Crippen LogP contribution in [0.3, 0.4) is 0 Å². The lowest BCUT2D eigenvalue weighted by Crippen LogP contribution is -2.48. The third kappa shape index (κ3) is 25.9. The van der Waals surface area contributed by atoms with Crippen LogP contribution < -0.4 is 10.6 Å². The summed E-state index contributed by atoms with van der Waals surface area (Å²) in [5, 5.41) is 6.68. The van der Waals surface area contributed by atoms with E-state index in [1.807, 2.05) is 6.92 Å². The monoisotopic (exact) mass is 631 g/mol. The Morgan fingerprint density at radius 3 is 1.62 bits per heavy atom. The molecule has 0 saturated carbocycles. The molecule has 1 saturated heterocycles. The van der Waals surface area contributed by atoms with Crippen LogP contribution in [0, 0.1) is 5.92 Å². The van der Waals surface area contributed by atoms with E-state index in [2.05, 4.69) is 91.2 Å². The molecule has 2 N–H and O–H groups in total. The van der Waals surface area contributed by atoms with Crippen molar-refractivity contribution >= 4 is 5.91 Å². The Bertz CT molecular complexity index is 812.